The molecule has 1 aromatic carbocycles. The van der Waals surface area contributed by atoms with Crippen molar-refractivity contribution in [3.63, 3.8) is 0 Å². The van der Waals surface area contributed by atoms with Crippen molar-refractivity contribution < 1.29 is 8.78 Å². The summed E-state index contributed by atoms with van der Waals surface area (Å²) in [6.45, 7) is 10.2. The normalized spacial score (nSPS) is 12.1. The average Bonchev–Trinajstić information content (AvgIpc) is 2.49. The maximum absolute atomic E-state index is 12.6. The Bertz CT molecular complexity index is 618. The molecule has 0 N–H and O–H groups in total. The van der Waals surface area contributed by atoms with E-state index in [1.807, 2.05) is 26.7 Å². The molecule has 1 heterocycles. The minimum atomic E-state index is -0.514. The SMILES string of the molecule is CCC(C)c1nc(C)cnc1C.CPc1ccc(F)cc1F. The molecule has 2 aromatic rings. The fourth-order valence-corrected chi connectivity index (χ4v) is 2.47. The van der Waals surface area contributed by atoms with Gasteiger partial charge in [-0.2, -0.15) is 0 Å². The maximum Gasteiger partial charge on any atom is 0.133 e. The summed E-state index contributed by atoms with van der Waals surface area (Å²) in [5.74, 6) is -0.433. The van der Waals surface area contributed by atoms with Crippen LogP contribution in [0, 0.1) is 25.5 Å². The first kappa shape index (κ1) is 18.6. The highest BCUT2D eigenvalue weighted by molar-refractivity contribution is 7.46. The monoisotopic (exact) mass is 324 g/mol. The summed E-state index contributed by atoms with van der Waals surface area (Å²) in [5.41, 5.74) is 3.23. The first-order chi connectivity index (χ1) is 10.4. The van der Waals surface area contributed by atoms with Crippen LogP contribution in [0.5, 0.6) is 0 Å². The second-order valence-corrected chi connectivity index (χ2v) is 6.20. The van der Waals surface area contributed by atoms with Crippen LogP contribution in [0.4, 0.5) is 8.78 Å². The number of aromatic nitrogens is 2. The molecule has 0 aliphatic rings. The highest BCUT2D eigenvalue weighted by Crippen LogP contribution is 2.18. The van der Waals surface area contributed by atoms with Gasteiger partial charge in [-0.3, -0.25) is 9.97 Å². The van der Waals surface area contributed by atoms with Crippen molar-refractivity contribution in [1.29, 1.82) is 0 Å². The minimum absolute atomic E-state index is 0.384. The second kappa shape index (κ2) is 8.89. The van der Waals surface area contributed by atoms with Crippen LogP contribution in [0.2, 0.25) is 0 Å². The third-order valence-corrected chi connectivity index (χ3v) is 4.34. The van der Waals surface area contributed by atoms with Crippen molar-refractivity contribution in [2.45, 2.75) is 40.0 Å². The van der Waals surface area contributed by atoms with Gasteiger partial charge in [-0.25, -0.2) is 8.78 Å². The summed E-state index contributed by atoms with van der Waals surface area (Å²) in [6, 6.07) is 3.66. The van der Waals surface area contributed by atoms with Crippen molar-refractivity contribution >= 4 is 13.9 Å². The van der Waals surface area contributed by atoms with Crippen molar-refractivity contribution in [1.82, 2.24) is 9.97 Å². The van der Waals surface area contributed by atoms with Gasteiger partial charge < -0.3 is 0 Å². The first-order valence-corrected chi connectivity index (χ1v) is 8.82. The third kappa shape index (κ3) is 5.42. The van der Waals surface area contributed by atoms with E-state index in [1.165, 1.54) is 12.1 Å². The molecule has 0 radical (unpaired) electrons. The molecule has 0 aliphatic carbocycles. The predicted octanol–water partition coefficient (Wildman–Crippen LogP) is 4.51. The molecule has 0 spiro atoms. The molecule has 0 aliphatic heterocycles. The highest BCUT2D eigenvalue weighted by Gasteiger charge is 2.08. The van der Waals surface area contributed by atoms with Crippen LogP contribution in [-0.4, -0.2) is 16.6 Å². The van der Waals surface area contributed by atoms with E-state index in [-0.39, 0.29) is 0 Å². The zero-order chi connectivity index (χ0) is 16.7. The highest BCUT2D eigenvalue weighted by atomic mass is 31.1. The minimum Gasteiger partial charge on any atom is -0.258 e. The zero-order valence-corrected chi connectivity index (χ0v) is 14.7. The maximum atomic E-state index is 12.6. The number of nitrogens with zero attached hydrogens (tertiary/aromatic N) is 2. The molecule has 2 rings (SSSR count). The molecule has 0 saturated heterocycles. The smallest absolute Gasteiger partial charge is 0.133 e. The summed E-state index contributed by atoms with van der Waals surface area (Å²) >= 11 is 0. The number of hydrogen-bond acceptors (Lipinski definition) is 2. The number of aryl methyl sites for hydroxylation is 2. The van der Waals surface area contributed by atoms with Gasteiger partial charge in [0.05, 0.1) is 17.1 Å². The molecule has 0 bridgehead atoms. The lowest BCUT2D eigenvalue weighted by Crippen LogP contribution is -2.02. The predicted molar refractivity (Wildman–Crippen MR) is 90.4 cm³/mol. The van der Waals surface area contributed by atoms with Gasteiger partial charge in [0, 0.05) is 17.6 Å². The lowest BCUT2D eigenvalue weighted by Gasteiger charge is -2.10. The molecule has 1 aromatic heterocycles. The van der Waals surface area contributed by atoms with Gasteiger partial charge in [0.25, 0.3) is 0 Å². The summed E-state index contributed by atoms with van der Waals surface area (Å²) in [6.07, 6.45) is 2.94. The van der Waals surface area contributed by atoms with Crippen LogP contribution in [0.25, 0.3) is 0 Å². The summed E-state index contributed by atoms with van der Waals surface area (Å²) < 4.78 is 24.9. The Morgan fingerprint density at radius 1 is 1.23 bits per heavy atom. The van der Waals surface area contributed by atoms with E-state index in [9.17, 15) is 8.78 Å². The number of benzene rings is 1. The van der Waals surface area contributed by atoms with E-state index in [4.69, 9.17) is 0 Å². The van der Waals surface area contributed by atoms with Gasteiger partial charge in [-0.1, -0.05) is 22.4 Å². The Kier molecular flexibility index (Phi) is 7.53. The average molecular weight is 324 g/mol. The molecular formula is C17H23F2N2P. The molecule has 0 fully saturated rings. The Labute approximate surface area is 133 Å². The van der Waals surface area contributed by atoms with Crippen LogP contribution in [0.15, 0.2) is 24.4 Å². The van der Waals surface area contributed by atoms with E-state index >= 15 is 0 Å². The van der Waals surface area contributed by atoms with Crippen LogP contribution in [0.3, 0.4) is 0 Å². The van der Waals surface area contributed by atoms with E-state index in [1.54, 1.807) is 0 Å². The van der Waals surface area contributed by atoms with Crippen LogP contribution in [-0.2, 0) is 0 Å². The lowest BCUT2D eigenvalue weighted by molar-refractivity contribution is 0.588. The van der Waals surface area contributed by atoms with Crippen molar-refractivity contribution in [3.8, 4) is 0 Å². The van der Waals surface area contributed by atoms with Gasteiger partial charge >= 0.3 is 0 Å². The van der Waals surface area contributed by atoms with Gasteiger partial charge in [0.1, 0.15) is 11.6 Å². The summed E-state index contributed by atoms with van der Waals surface area (Å²) in [7, 11) is 0.384. The zero-order valence-electron chi connectivity index (χ0n) is 13.7. The van der Waals surface area contributed by atoms with Gasteiger partial charge in [0.15, 0.2) is 0 Å². The fraction of sp³-hybridized carbons (Fsp3) is 0.412. The molecule has 2 unspecified atom stereocenters. The largest absolute Gasteiger partial charge is 0.258 e. The van der Waals surface area contributed by atoms with Crippen LogP contribution in [0.1, 0.15) is 43.3 Å². The van der Waals surface area contributed by atoms with Crippen molar-refractivity contribution in [2.24, 2.45) is 0 Å². The van der Waals surface area contributed by atoms with Crippen molar-refractivity contribution in [2.75, 3.05) is 6.66 Å². The van der Waals surface area contributed by atoms with E-state index in [2.05, 4.69) is 23.8 Å². The third-order valence-electron chi connectivity index (χ3n) is 3.39. The quantitative estimate of drug-likeness (QED) is 0.777. The molecule has 5 heteroatoms. The molecule has 0 saturated carbocycles. The molecule has 2 atom stereocenters. The Morgan fingerprint density at radius 2 is 1.91 bits per heavy atom. The number of hydrogen-bond donors (Lipinski definition) is 0. The Morgan fingerprint density at radius 3 is 2.45 bits per heavy atom. The van der Waals surface area contributed by atoms with Gasteiger partial charge in [-0.15, -0.1) is 0 Å². The van der Waals surface area contributed by atoms with Crippen LogP contribution >= 0.6 is 8.58 Å². The number of rotatable bonds is 3. The Balaban J connectivity index is 0.000000224. The van der Waals surface area contributed by atoms with E-state index in [0.29, 0.717) is 19.8 Å². The van der Waals surface area contributed by atoms with E-state index < -0.39 is 11.6 Å². The molecular weight excluding hydrogens is 301 g/mol. The second-order valence-electron chi connectivity index (χ2n) is 5.17. The Hall–Kier alpha value is -1.41. The summed E-state index contributed by atoms with van der Waals surface area (Å²) in [5, 5.41) is 0.585. The standard InChI is InChI=1S/C10H16N2.C7H7F2P/c1-5-7(2)10-9(4)11-6-8(3)12-10;1-10-7-3-2-5(8)4-6(7)9/h6-7H,5H2,1-4H3;2-4,10H,1H3. The first-order valence-electron chi connectivity index (χ1n) is 7.32. The lowest BCUT2D eigenvalue weighted by atomic mass is 10.0. The summed E-state index contributed by atoms with van der Waals surface area (Å²) in [4.78, 5) is 8.77. The topological polar surface area (TPSA) is 25.8 Å². The number of halogens is 2. The van der Waals surface area contributed by atoms with Crippen molar-refractivity contribution in [3.05, 3.63) is 53.1 Å². The van der Waals surface area contributed by atoms with Crippen LogP contribution < -0.4 is 5.30 Å². The van der Waals surface area contributed by atoms with Gasteiger partial charge in [-0.05, 0) is 45.0 Å². The molecule has 22 heavy (non-hydrogen) atoms. The fourth-order valence-electron chi connectivity index (χ4n) is 1.91. The van der Waals surface area contributed by atoms with E-state index in [0.717, 1.165) is 29.6 Å². The molecule has 2 nitrogen and oxygen atoms in total. The molecule has 120 valence electrons. The molecule has 0 amide bonds. The van der Waals surface area contributed by atoms with Gasteiger partial charge in [0.2, 0.25) is 0 Å².